The Labute approximate surface area is 254 Å². The molecule has 0 heterocycles. The maximum atomic E-state index is 13.6. The van der Waals surface area contributed by atoms with Gasteiger partial charge < -0.3 is 36.1 Å². The van der Waals surface area contributed by atoms with Crippen LogP contribution in [-0.2, 0) is 39.9 Å². The molecule has 4 rings (SSSR count). The smallest absolute Gasteiger partial charge is 0.376 e. The summed E-state index contributed by atoms with van der Waals surface area (Å²) >= 11 is 0. The van der Waals surface area contributed by atoms with Crippen LogP contribution in [0.1, 0.15) is 5.56 Å². The standard InChI is InChI=1S/C28H26O3P.C5H10O4.ClH/c1-30-28(27(29)31-22-23-14-6-2-7-15-23)32(24-16-8-3-9-17-24,25-18-10-4-11-19-25)26-20-12-5-13-21-26;1-7-4(6)5(8-2)9-3;/h2-21,28H,22H2,1H3;5H,1-3H3;1H/q+1;;/p-1. The molecule has 0 aliphatic carbocycles. The minimum Gasteiger partial charge on any atom is -1.00 e. The predicted molar refractivity (Wildman–Crippen MR) is 162 cm³/mol. The third-order valence-corrected chi connectivity index (χ3v) is 10.8. The van der Waals surface area contributed by atoms with Gasteiger partial charge in [-0.15, -0.1) is 0 Å². The molecule has 42 heavy (non-hydrogen) atoms. The lowest BCUT2D eigenvalue weighted by molar-refractivity contribution is -0.180. The third-order valence-electron chi connectivity index (χ3n) is 6.31. The van der Waals surface area contributed by atoms with E-state index in [4.69, 9.17) is 9.47 Å². The molecule has 0 saturated carbocycles. The summed E-state index contributed by atoms with van der Waals surface area (Å²) < 4.78 is 25.2. The van der Waals surface area contributed by atoms with Crippen molar-refractivity contribution in [3.05, 3.63) is 127 Å². The number of carbonyl (C=O) groups is 2. The van der Waals surface area contributed by atoms with E-state index in [-0.39, 0.29) is 25.0 Å². The molecule has 222 valence electrons. The van der Waals surface area contributed by atoms with Crippen LogP contribution in [0.5, 0.6) is 0 Å². The fraction of sp³-hybridized carbons (Fsp3) is 0.212. The summed E-state index contributed by atoms with van der Waals surface area (Å²) in [6, 6.07) is 40.3. The van der Waals surface area contributed by atoms with Crippen molar-refractivity contribution < 1.29 is 45.7 Å². The first kappa shape index (κ1) is 34.6. The van der Waals surface area contributed by atoms with Crippen molar-refractivity contribution in [2.45, 2.75) is 18.7 Å². The Hall–Kier alpha value is -3.58. The highest BCUT2D eigenvalue weighted by atomic mass is 35.5. The molecule has 9 heteroatoms. The molecule has 0 amide bonds. The fourth-order valence-corrected chi connectivity index (χ4v) is 8.78. The SMILES string of the molecule is COC(=O)C(OC)OC.COC(C(=O)OCc1ccccc1)[P+](c1ccccc1)(c1ccccc1)c1ccccc1.[Cl-]. The number of methoxy groups -OCH3 is 4. The fourth-order valence-electron chi connectivity index (χ4n) is 4.44. The van der Waals surface area contributed by atoms with E-state index in [9.17, 15) is 9.59 Å². The van der Waals surface area contributed by atoms with Crippen LogP contribution in [0.3, 0.4) is 0 Å². The van der Waals surface area contributed by atoms with E-state index in [2.05, 4.69) is 50.6 Å². The molecule has 0 spiro atoms. The summed E-state index contributed by atoms with van der Waals surface area (Å²) in [4.78, 5) is 24.1. The van der Waals surface area contributed by atoms with Crippen molar-refractivity contribution in [3.63, 3.8) is 0 Å². The average Bonchev–Trinajstić information content (AvgIpc) is 3.05. The molecule has 0 aliphatic heterocycles. The van der Waals surface area contributed by atoms with Crippen LogP contribution in [0.2, 0.25) is 0 Å². The van der Waals surface area contributed by atoms with Crippen molar-refractivity contribution >= 4 is 35.1 Å². The Balaban J connectivity index is 0.000000536. The Kier molecular flexibility index (Phi) is 14.9. The lowest BCUT2D eigenvalue weighted by Crippen LogP contribution is -3.00. The molecule has 0 bridgehead atoms. The number of halogens is 1. The molecule has 0 N–H and O–H groups in total. The summed E-state index contributed by atoms with van der Waals surface area (Å²) in [5, 5.41) is 3.21. The van der Waals surface area contributed by atoms with Crippen LogP contribution in [0.15, 0.2) is 121 Å². The monoisotopic (exact) mass is 610 g/mol. The lowest BCUT2D eigenvalue weighted by atomic mass is 10.2. The molecule has 7 nitrogen and oxygen atoms in total. The minimum atomic E-state index is -2.54. The van der Waals surface area contributed by atoms with Gasteiger partial charge in [0, 0.05) is 21.3 Å². The molecule has 0 saturated heterocycles. The second-order valence-electron chi connectivity index (χ2n) is 8.74. The van der Waals surface area contributed by atoms with Gasteiger partial charge >= 0.3 is 11.9 Å². The predicted octanol–water partition coefficient (Wildman–Crippen LogP) is 1.48. The van der Waals surface area contributed by atoms with Crippen LogP contribution in [0.4, 0.5) is 0 Å². The normalized spacial score (nSPS) is 11.4. The van der Waals surface area contributed by atoms with Crippen LogP contribution in [0.25, 0.3) is 0 Å². The highest BCUT2D eigenvalue weighted by molar-refractivity contribution is 7.96. The first-order valence-electron chi connectivity index (χ1n) is 12.9. The van der Waals surface area contributed by atoms with Gasteiger partial charge in [-0.1, -0.05) is 84.9 Å². The van der Waals surface area contributed by atoms with Crippen LogP contribution in [-0.4, -0.2) is 52.5 Å². The largest absolute Gasteiger partial charge is 1.00 e. The van der Waals surface area contributed by atoms with E-state index in [1.165, 1.54) is 21.3 Å². The van der Waals surface area contributed by atoms with E-state index in [1.54, 1.807) is 7.11 Å². The molecular weight excluding hydrogens is 575 g/mol. The van der Waals surface area contributed by atoms with Crippen LogP contribution >= 0.6 is 7.26 Å². The summed E-state index contributed by atoms with van der Waals surface area (Å²) in [7, 11) is 3.06. The number of rotatable bonds is 11. The summed E-state index contributed by atoms with van der Waals surface area (Å²) in [5.74, 6) is -1.67. The van der Waals surface area contributed by atoms with Crippen LogP contribution < -0.4 is 28.3 Å². The topological polar surface area (TPSA) is 80.3 Å². The number of carbonyl (C=O) groups excluding carboxylic acids is 2. The molecule has 0 fully saturated rings. The maximum Gasteiger partial charge on any atom is 0.376 e. The first-order chi connectivity index (χ1) is 20.0. The number of hydrogen-bond donors (Lipinski definition) is 0. The zero-order chi connectivity index (χ0) is 29.5. The van der Waals surface area contributed by atoms with Gasteiger partial charge in [0.15, 0.2) is 7.26 Å². The van der Waals surface area contributed by atoms with Crippen LogP contribution in [0, 0.1) is 0 Å². The van der Waals surface area contributed by atoms with E-state index in [1.807, 2.05) is 84.9 Å². The second kappa shape index (κ2) is 18.1. The van der Waals surface area contributed by atoms with E-state index < -0.39 is 25.4 Å². The van der Waals surface area contributed by atoms with Crippen molar-refractivity contribution in [1.29, 1.82) is 0 Å². The number of ether oxygens (including phenoxy) is 5. The van der Waals surface area contributed by atoms with Crippen molar-refractivity contribution in [2.75, 3.05) is 28.4 Å². The molecule has 1 unspecified atom stereocenters. The van der Waals surface area contributed by atoms with Gasteiger partial charge in [-0.05, 0) is 42.0 Å². The molecule has 4 aromatic carbocycles. The Bertz CT molecular complexity index is 1230. The highest BCUT2D eigenvalue weighted by Gasteiger charge is 2.57. The van der Waals surface area contributed by atoms with Gasteiger partial charge in [-0.25, -0.2) is 9.59 Å². The summed E-state index contributed by atoms with van der Waals surface area (Å²) in [6.07, 6.45) is -0.894. The van der Waals surface area contributed by atoms with E-state index in [0.717, 1.165) is 21.5 Å². The molecule has 0 aliphatic rings. The van der Waals surface area contributed by atoms with Gasteiger partial charge in [-0.3, -0.25) is 0 Å². The zero-order valence-electron chi connectivity index (χ0n) is 24.1. The Morgan fingerprint density at radius 2 is 0.952 bits per heavy atom. The average molecular weight is 611 g/mol. The number of esters is 2. The second-order valence-corrected chi connectivity index (χ2v) is 12.2. The minimum absolute atomic E-state index is 0. The van der Waals surface area contributed by atoms with E-state index in [0.29, 0.717) is 0 Å². The quantitative estimate of drug-likeness (QED) is 0.145. The van der Waals surface area contributed by atoms with Crippen molar-refractivity contribution in [2.24, 2.45) is 0 Å². The molecule has 4 aromatic rings. The molecule has 0 aromatic heterocycles. The number of benzene rings is 4. The van der Waals surface area contributed by atoms with Crippen molar-refractivity contribution in [1.82, 2.24) is 0 Å². The Morgan fingerprint density at radius 1 is 0.571 bits per heavy atom. The third kappa shape index (κ3) is 8.48. The molecule has 1 atom stereocenters. The molecular formula is C33H36ClO7P. The van der Waals surface area contributed by atoms with Gasteiger partial charge in [0.05, 0.1) is 7.11 Å². The van der Waals surface area contributed by atoms with Gasteiger partial charge in [-0.2, -0.15) is 0 Å². The van der Waals surface area contributed by atoms with Gasteiger partial charge in [0.1, 0.15) is 22.5 Å². The highest BCUT2D eigenvalue weighted by Crippen LogP contribution is 2.60. The van der Waals surface area contributed by atoms with Gasteiger partial charge in [0.25, 0.3) is 12.1 Å². The van der Waals surface area contributed by atoms with Crippen molar-refractivity contribution in [3.8, 4) is 0 Å². The lowest BCUT2D eigenvalue weighted by Gasteiger charge is -2.32. The molecule has 0 radical (unpaired) electrons. The summed E-state index contributed by atoms with van der Waals surface area (Å²) in [5.41, 5.74) is 0.943. The first-order valence-corrected chi connectivity index (χ1v) is 14.8. The number of hydrogen-bond acceptors (Lipinski definition) is 7. The van der Waals surface area contributed by atoms with E-state index >= 15 is 0 Å². The summed E-state index contributed by atoms with van der Waals surface area (Å²) in [6.45, 7) is 0.206. The van der Waals surface area contributed by atoms with Gasteiger partial charge in [0.2, 0.25) is 0 Å². The Morgan fingerprint density at radius 3 is 1.26 bits per heavy atom. The maximum absolute atomic E-state index is 13.6. The zero-order valence-corrected chi connectivity index (χ0v) is 25.7.